The summed E-state index contributed by atoms with van der Waals surface area (Å²) >= 11 is 0. The van der Waals surface area contributed by atoms with Crippen LogP contribution in [0.5, 0.6) is 0 Å². The number of carbonyl (C=O) groups is 1. The molecule has 0 saturated heterocycles. The molecule has 0 fully saturated rings. The molecular formula is C14H16N4O. The number of hydrogen-bond acceptors (Lipinski definition) is 3. The number of nitrogens with zero attached hydrogens (tertiary/aromatic N) is 2. The van der Waals surface area contributed by atoms with E-state index in [0.29, 0.717) is 13.0 Å². The molecule has 3 N–H and O–H groups in total. The Balaban J connectivity index is 2.09. The van der Waals surface area contributed by atoms with Gasteiger partial charge >= 0.3 is 0 Å². The molecule has 0 radical (unpaired) electrons. The molecule has 0 bridgehead atoms. The maximum atomic E-state index is 11.4. The Morgan fingerprint density at radius 1 is 1.47 bits per heavy atom. The number of aromatic nitrogens is 2. The number of nitrogens with one attached hydrogen (secondary N) is 1. The van der Waals surface area contributed by atoms with Crippen molar-refractivity contribution in [2.45, 2.75) is 19.9 Å². The number of rotatable bonds is 2. The van der Waals surface area contributed by atoms with Gasteiger partial charge in [0.2, 0.25) is 5.91 Å². The number of anilines is 1. The highest BCUT2D eigenvalue weighted by atomic mass is 16.1. The first-order chi connectivity index (χ1) is 9.10. The molecular weight excluding hydrogens is 240 g/mol. The van der Waals surface area contributed by atoms with Gasteiger partial charge in [-0.25, -0.2) is 0 Å². The molecule has 2 heterocycles. The SMILES string of the molecule is Cc1c(-c2ccc3c(c2)CC(=O)N3)nn(C)c1CN. The first-order valence-electron chi connectivity index (χ1n) is 6.26. The van der Waals surface area contributed by atoms with E-state index >= 15 is 0 Å². The van der Waals surface area contributed by atoms with E-state index in [-0.39, 0.29) is 5.91 Å². The fraction of sp³-hybridized carbons (Fsp3) is 0.286. The smallest absolute Gasteiger partial charge is 0.228 e. The van der Waals surface area contributed by atoms with Gasteiger partial charge in [-0.05, 0) is 30.2 Å². The van der Waals surface area contributed by atoms with Crippen molar-refractivity contribution in [1.82, 2.24) is 9.78 Å². The van der Waals surface area contributed by atoms with Crippen LogP contribution in [0.2, 0.25) is 0 Å². The molecule has 98 valence electrons. The first-order valence-corrected chi connectivity index (χ1v) is 6.26. The van der Waals surface area contributed by atoms with Gasteiger partial charge in [-0.1, -0.05) is 6.07 Å². The van der Waals surface area contributed by atoms with Crippen LogP contribution < -0.4 is 11.1 Å². The highest BCUT2D eigenvalue weighted by Gasteiger charge is 2.19. The highest BCUT2D eigenvalue weighted by Crippen LogP contribution is 2.30. The van der Waals surface area contributed by atoms with Crippen LogP contribution in [0.1, 0.15) is 16.8 Å². The molecule has 1 aliphatic rings. The lowest BCUT2D eigenvalue weighted by Gasteiger charge is -2.03. The fourth-order valence-corrected chi connectivity index (χ4v) is 2.60. The second-order valence-electron chi connectivity index (χ2n) is 4.84. The molecule has 0 atom stereocenters. The Morgan fingerprint density at radius 2 is 2.26 bits per heavy atom. The third-order valence-electron chi connectivity index (χ3n) is 3.63. The number of carbonyl (C=O) groups excluding carboxylic acids is 1. The van der Waals surface area contributed by atoms with Crippen molar-refractivity contribution >= 4 is 11.6 Å². The number of aryl methyl sites for hydroxylation is 1. The second kappa shape index (κ2) is 4.20. The minimum Gasteiger partial charge on any atom is -0.326 e. The Morgan fingerprint density at radius 3 is 2.95 bits per heavy atom. The van der Waals surface area contributed by atoms with Crippen LogP contribution in [0.4, 0.5) is 5.69 Å². The zero-order valence-electron chi connectivity index (χ0n) is 11.0. The molecule has 0 aliphatic carbocycles. The molecule has 0 spiro atoms. The lowest BCUT2D eigenvalue weighted by molar-refractivity contribution is -0.115. The van der Waals surface area contributed by atoms with E-state index in [1.165, 1.54) is 0 Å². The zero-order valence-corrected chi connectivity index (χ0v) is 11.0. The number of nitrogens with two attached hydrogens (primary N) is 1. The van der Waals surface area contributed by atoms with Crippen molar-refractivity contribution in [2.75, 3.05) is 5.32 Å². The van der Waals surface area contributed by atoms with Crippen LogP contribution in [0.3, 0.4) is 0 Å². The lowest BCUT2D eigenvalue weighted by Crippen LogP contribution is -2.05. The first kappa shape index (κ1) is 11.9. The highest BCUT2D eigenvalue weighted by molar-refractivity contribution is 5.99. The van der Waals surface area contributed by atoms with Gasteiger partial charge in [-0.3, -0.25) is 9.48 Å². The number of fused-ring (bicyclic) bond motifs is 1. The molecule has 5 heteroatoms. The standard InChI is InChI=1S/C14H16N4O/c1-8-12(7-15)18(2)17-14(8)9-3-4-11-10(5-9)6-13(19)16-11/h3-5H,6-7,15H2,1-2H3,(H,16,19). The van der Waals surface area contributed by atoms with Crippen LogP contribution in [0.25, 0.3) is 11.3 Å². The van der Waals surface area contributed by atoms with Crippen molar-refractivity contribution in [3.05, 3.63) is 35.0 Å². The molecule has 0 saturated carbocycles. The topological polar surface area (TPSA) is 72.9 Å². The summed E-state index contributed by atoms with van der Waals surface area (Å²) in [6.45, 7) is 2.50. The van der Waals surface area contributed by atoms with Gasteiger partial charge in [0.05, 0.1) is 17.8 Å². The van der Waals surface area contributed by atoms with Gasteiger partial charge in [0.15, 0.2) is 0 Å². The molecule has 1 amide bonds. The van der Waals surface area contributed by atoms with Crippen LogP contribution in [-0.2, 0) is 24.8 Å². The van der Waals surface area contributed by atoms with Crippen molar-refractivity contribution in [1.29, 1.82) is 0 Å². The van der Waals surface area contributed by atoms with Crippen molar-refractivity contribution in [3.8, 4) is 11.3 Å². The normalized spacial score (nSPS) is 13.5. The van der Waals surface area contributed by atoms with E-state index in [0.717, 1.165) is 33.8 Å². The van der Waals surface area contributed by atoms with Gasteiger partial charge in [0.1, 0.15) is 0 Å². The van der Waals surface area contributed by atoms with Gasteiger partial charge in [0.25, 0.3) is 0 Å². The third-order valence-corrected chi connectivity index (χ3v) is 3.63. The van der Waals surface area contributed by atoms with Crippen LogP contribution in [-0.4, -0.2) is 15.7 Å². The zero-order chi connectivity index (χ0) is 13.6. The predicted octanol–water partition coefficient (Wildman–Crippen LogP) is 1.35. The van der Waals surface area contributed by atoms with E-state index < -0.39 is 0 Å². The predicted molar refractivity (Wildman–Crippen MR) is 73.6 cm³/mol. The molecule has 19 heavy (non-hydrogen) atoms. The van der Waals surface area contributed by atoms with Gasteiger partial charge in [0, 0.05) is 24.8 Å². The number of hydrogen-bond donors (Lipinski definition) is 2. The quantitative estimate of drug-likeness (QED) is 0.851. The van der Waals surface area contributed by atoms with Gasteiger partial charge < -0.3 is 11.1 Å². The minimum absolute atomic E-state index is 0.0486. The summed E-state index contributed by atoms with van der Waals surface area (Å²) < 4.78 is 1.82. The average Bonchev–Trinajstić information content (AvgIpc) is 2.87. The Bertz CT molecular complexity index is 672. The van der Waals surface area contributed by atoms with Crippen molar-refractivity contribution in [2.24, 2.45) is 12.8 Å². The summed E-state index contributed by atoms with van der Waals surface area (Å²) in [5, 5.41) is 7.36. The summed E-state index contributed by atoms with van der Waals surface area (Å²) in [6.07, 6.45) is 0.443. The molecule has 3 rings (SSSR count). The summed E-state index contributed by atoms with van der Waals surface area (Å²) in [4.78, 5) is 11.4. The summed E-state index contributed by atoms with van der Waals surface area (Å²) in [7, 11) is 1.90. The summed E-state index contributed by atoms with van der Waals surface area (Å²) in [6, 6.07) is 5.95. The molecule has 1 aromatic heterocycles. The lowest BCUT2D eigenvalue weighted by atomic mass is 10.0. The van der Waals surface area contributed by atoms with E-state index in [1.54, 1.807) is 0 Å². The second-order valence-corrected chi connectivity index (χ2v) is 4.84. The van der Waals surface area contributed by atoms with Gasteiger partial charge in [-0.15, -0.1) is 0 Å². The average molecular weight is 256 g/mol. The summed E-state index contributed by atoms with van der Waals surface area (Å²) in [5.41, 5.74) is 11.8. The Kier molecular flexibility index (Phi) is 2.64. The molecule has 1 aliphatic heterocycles. The number of benzene rings is 1. The van der Waals surface area contributed by atoms with E-state index in [4.69, 9.17) is 5.73 Å². The number of amides is 1. The molecule has 0 unspecified atom stereocenters. The van der Waals surface area contributed by atoms with E-state index in [9.17, 15) is 4.79 Å². The van der Waals surface area contributed by atoms with E-state index in [1.807, 2.05) is 36.9 Å². The van der Waals surface area contributed by atoms with Crippen molar-refractivity contribution in [3.63, 3.8) is 0 Å². The van der Waals surface area contributed by atoms with E-state index in [2.05, 4.69) is 10.4 Å². The third kappa shape index (κ3) is 1.82. The Labute approximate surface area is 111 Å². The maximum absolute atomic E-state index is 11.4. The van der Waals surface area contributed by atoms with Crippen LogP contribution in [0, 0.1) is 6.92 Å². The largest absolute Gasteiger partial charge is 0.326 e. The Hall–Kier alpha value is -2.14. The maximum Gasteiger partial charge on any atom is 0.228 e. The minimum atomic E-state index is 0.0486. The van der Waals surface area contributed by atoms with Crippen LogP contribution >= 0.6 is 0 Å². The fourth-order valence-electron chi connectivity index (χ4n) is 2.60. The molecule has 5 nitrogen and oxygen atoms in total. The molecule has 1 aromatic carbocycles. The van der Waals surface area contributed by atoms with Crippen LogP contribution in [0.15, 0.2) is 18.2 Å². The monoisotopic (exact) mass is 256 g/mol. The van der Waals surface area contributed by atoms with Gasteiger partial charge in [-0.2, -0.15) is 5.10 Å². The van der Waals surface area contributed by atoms with Crippen molar-refractivity contribution < 1.29 is 4.79 Å². The summed E-state index contributed by atoms with van der Waals surface area (Å²) in [5.74, 6) is 0.0486. The molecule has 2 aromatic rings.